The van der Waals surface area contributed by atoms with Gasteiger partial charge in [-0.05, 0) is 0 Å². The van der Waals surface area contributed by atoms with E-state index >= 15 is 0 Å². The normalized spacial score (nSPS) is 10.8. The number of nitrogens with zero attached hydrogens (tertiary/aromatic N) is 3. The molecule has 2 aromatic heterocycles. The summed E-state index contributed by atoms with van der Waals surface area (Å²) in [7, 11) is 0. The SMILES string of the molecule is NCCOCC(=O)Nc1nc(Cl)c2[nH]cnc2n1. The Bertz CT molecular complexity index is 557. The number of ether oxygens (including phenoxy) is 1. The summed E-state index contributed by atoms with van der Waals surface area (Å²) in [5.41, 5.74) is 6.13. The van der Waals surface area contributed by atoms with E-state index in [1.54, 1.807) is 0 Å². The predicted molar refractivity (Wildman–Crippen MR) is 65.2 cm³/mol. The van der Waals surface area contributed by atoms with Gasteiger partial charge >= 0.3 is 0 Å². The van der Waals surface area contributed by atoms with Crippen LogP contribution in [-0.4, -0.2) is 45.6 Å². The van der Waals surface area contributed by atoms with Crippen LogP contribution in [0.15, 0.2) is 6.33 Å². The topological polar surface area (TPSA) is 119 Å². The first-order chi connectivity index (χ1) is 8.70. The predicted octanol–water partition coefficient (Wildman–Crippen LogP) is -0.0799. The second-order valence-electron chi connectivity index (χ2n) is 3.33. The zero-order valence-electron chi connectivity index (χ0n) is 9.31. The third-order valence-corrected chi connectivity index (χ3v) is 2.26. The molecule has 0 spiro atoms. The van der Waals surface area contributed by atoms with Crippen LogP contribution in [0, 0.1) is 0 Å². The van der Waals surface area contributed by atoms with Gasteiger partial charge < -0.3 is 15.5 Å². The minimum Gasteiger partial charge on any atom is -0.370 e. The number of carbonyl (C=O) groups excluding carboxylic acids is 1. The standard InChI is InChI=1S/C9H11ClN6O2/c10-7-6-8(13-4-12-6)16-9(15-7)14-5(17)3-18-2-1-11/h4H,1-3,11H2,(H2,12,13,14,15,16,17). The Balaban J connectivity index is 2.05. The summed E-state index contributed by atoms with van der Waals surface area (Å²) < 4.78 is 4.97. The van der Waals surface area contributed by atoms with Crippen LogP contribution >= 0.6 is 11.6 Å². The Kier molecular flexibility index (Phi) is 4.03. The van der Waals surface area contributed by atoms with Crippen molar-refractivity contribution < 1.29 is 9.53 Å². The largest absolute Gasteiger partial charge is 0.370 e. The van der Waals surface area contributed by atoms with E-state index in [2.05, 4.69) is 25.3 Å². The average molecular weight is 271 g/mol. The molecule has 0 unspecified atom stereocenters. The van der Waals surface area contributed by atoms with Crippen molar-refractivity contribution in [3.63, 3.8) is 0 Å². The van der Waals surface area contributed by atoms with Crippen molar-refractivity contribution in [2.24, 2.45) is 5.73 Å². The molecule has 0 aliphatic carbocycles. The minimum atomic E-state index is -0.380. The molecule has 0 aliphatic heterocycles. The fraction of sp³-hybridized carbons (Fsp3) is 0.333. The molecule has 4 N–H and O–H groups in total. The maximum Gasteiger partial charge on any atom is 0.252 e. The second-order valence-corrected chi connectivity index (χ2v) is 3.69. The first kappa shape index (κ1) is 12.7. The summed E-state index contributed by atoms with van der Waals surface area (Å²) in [6.45, 7) is 0.555. The molecular weight excluding hydrogens is 260 g/mol. The summed E-state index contributed by atoms with van der Waals surface area (Å²) in [6.07, 6.45) is 1.45. The Hall–Kier alpha value is -1.77. The van der Waals surface area contributed by atoms with E-state index in [0.717, 1.165) is 0 Å². The van der Waals surface area contributed by atoms with Gasteiger partial charge in [-0.2, -0.15) is 9.97 Å². The fourth-order valence-corrected chi connectivity index (χ4v) is 1.48. The lowest BCUT2D eigenvalue weighted by Crippen LogP contribution is -2.21. The van der Waals surface area contributed by atoms with Crippen LogP contribution in [0.2, 0.25) is 5.15 Å². The highest BCUT2D eigenvalue weighted by atomic mass is 35.5. The van der Waals surface area contributed by atoms with Gasteiger partial charge in [0.1, 0.15) is 12.1 Å². The molecule has 0 aliphatic rings. The molecule has 18 heavy (non-hydrogen) atoms. The van der Waals surface area contributed by atoms with Crippen LogP contribution in [0.25, 0.3) is 11.2 Å². The fourth-order valence-electron chi connectivity index (χ4n) is 1.26. The van der Waals surface area contributed by atoms with Gasteiger partial charge in [0.25, 0.3) is 5.91 Å². The van der Waals surface area contributed by atoms with E-state index in [9.17, 15) is 4.79 Å². The lowest BCUT2D eigenvalue weighted by molar-refractivity contribution is -0.120. The van der Waals surface area contributed by atoms with Crippen molar-refractivity contribution in [3.8, 4) is 0 Å². The van der Waals surface area contributed by atoms with E-state index in [1.807, 2.05) is 0 Å². The number of fused-ring (bicyclic) bond motifs is 1. The van der Waals surface area contributed by atoms with E-state index in [-0.39, 0.29) is 23.6 Å². The molecule has 1 amide bonds. The number of rotatable bonds is 5. The second kappa shape index (κ2) is 5.71. The molecule has 96 valence electrons. The number of carbonyl (C=O) groups is 1. The smallest absolute Gasteiger partial charge is 0.252 e. The first-order valence-corrected chi connectivity index (χ1v) is 5.53. The quantitative estimate of drug-likeness (QED) is 0.516. The molecule has 0 atom stereocenters. The number of hydrogen-bond donors (Lipinski definition) is 3. The molecule has 2 heterocycles. The average Bonchev–Trinajstić information content (AvgIpc) is 2.78. The molecule has 0 bridgehead atoms. The number of aromatic nitrogens is 4. The van der Waals surface area contributed by atoms with Crippen LogP contribution < -0.4 is 11.1 Å². The van der Waals surface area contributed by atoms with Gasteiger partial charge in [-0.1, -0.05) is 11.6 Å². The van der Waals surface area contributed by atoms with Crippen molar-refractivity contribution in [1.82, 2.24) is 19.9 Å². The molecule has 0 aromatic carbocycles. The van der Waals surface area contributed by atoms with Gasteiger partial charge in [0.2, 0.25) is 5.95 Å². The molecule has 0 saturated heterocycles. The Morgan fingerprint density at radius 3 is 3.17 bits per heavy atom. The van der Waals surface area contributed by atoms with E-state index < -0.39 is 0 Å². The maximum atomic E-state index is 11.4. The van der Waals surface area contributed by atoms with Gasteiger partial charge in [-0.15, -0.1) is 0 Å². The van der Waals surface area contributed by atoms with Crippen LogP contribution in [0.4, 0.5) is 5.95 Å². The van der Waals surface area contributed by atoms with Gasteiger partial charge in [0, 0.05) is 6.54 Å². The van der Waals surface area contributed by atoms with E-state index in [1.165, 1.54) is 6.33 Å². The van der Waals surface area contributed by atoms with Crippen molar-refractivity contribution >= 4 is 34.6 Å². The molecule has 2 aromatic rings. The van der Waals surface area contributed by atoms with Crippen LogP contribution in [-0.2, 0) is 9.53 Å². The number of imidazole rings is 1. The summed E-state index contributed by atoms with van der Waals surface area (Å²) >= 11 is 5.89. The first-order valence-electron chi connectivity index (χ1n) is 5.15. The molecule has 8 nitrogen and oxygen atoms in total. The number of hydrogen-bond acceptors (Lipinski definition) is 6. The van der Waals surface area contributed by atoms with Gasteiger partial charge in [0.05, 0.1) is 12.9 Å². The number of aromatic amines is 1. The third-order valence-electron chi connectivity index (χ3n) is 1.99. The number of nitrogens with two attached hydrogens (primary N) is 1. The number of H-pyrrole nitrogens is 1. The number of anilines is 1. The van der Waals surface area contributed by atoms with Gasteiger partial charge in [-0.3, -0.25) is 10.1 Å². The highest BCUT2D eigenvalue weighted by molar-refractivity contribution is 6.33. The van der Waals surface area contributed by atoms with Crippen LogP contribution in [0.1, 0.15) is 0 Å². The summed E-state index contributed by atoms with van der Waals surface area (Å²) in [4.78, 5) is 26.1. The van der Waals surface area contributed by atoms with Crippen molar-refractivity contribution in [3.05, 3.63) is 11.5 Å². The Morgan fingerprint density at radius 1 is 1.56 bits per heavy atom. The highest BCUT2D eigenvalue weighted by Crippen LogP contribution is 2.17. The minimum absolute atomic E-state index is 0.0842. The Labute approximate surface area is 107 Å². The van der Waals surface area contributed by atoms with E-state index in [4.69, 9.17) is 22.1 Å². The summed E-state index contributed by atoms with van der Waals surface area (Å²) in [5.74, 6) is -0.296. The third kappa shape index (κ3) is 2.92. The number of halogens is 1. The molecule has 9 heteroatoms. The number of amides is 1. The van der Waals surface area contributed by atoms with Crippen LogP contribution in [0.5, 0.6) is 0 Å². The zero-order chi connectivity index (χ0) is 13.0. The molecule has 2 rings (SSSR count). The molecule has 0 fully saturated rings. The van der Waals surface area contributed by atoms with E-state index in [0.29, 0.717) is 24.3 Å². The molecular formula is C9H11ClN6O2. The molecule has 0 radical (unpaired) electrons. The number of nitrogens with one attached hydrogen (secondary N) is 2. The maximum absolute atomic E-state index is 11.4. The van der Waals surface area contributed by atoms with Crippen molar-refractivity contribution in [2.45, 2.75) is 0 Å². The molecule has 0 saturated carbocycles. The lowest BCUT2D eigenvalue weighted by atomic mass is 10.5. The highest BCUT2D eigenvalue weighted by Gasteiger charge is 2.10. The summed E-state index contributed by atoms with van der Waals surface area (Å²) in [5, 5.41) is 2.65. The van der Waals surface area contributed by atoms with Crippen molar-refractivity contribution in [1.29, 1.82) is 0 Å². The van der Waals surface area contributed by atoms with Gasteiger partial charge in [0.15, 0.2) is 10.8 Å². The summed E-state index contributed by atoms with van der Waals surface area (Å²) in [6, 6.07) is 0. The van der Waals surface area contributed by atoms with Crippen molar-refractivity contribution in [2.75, 3.05) is 25.1 Å². The van der Waals surface area contributed by atoms with Gasteiger partial charge in [-0.25, -0.2) is 4.98 Å². The van der Waals surface area contributed by atoms with Crippen LogP contribution in [0.3, 0.4) is 0 Å². The monoisotopic (exact) mass is 270 g/mol. The lowest BCUT2D eigenvalue weighted by Gasteiger charge is -2.04. The zero-order valence-corrected chi connectivity index (χ0v) is 10.1. The Morgan fingerprint density at radius 2 is 2.39 bits per heavy atom.